The van der Waals surface area contributed by atoms with Gasteiger partial charge in [0.15, 0.2) is 0 Å². The molecule has 1 fully saturated rings. The number of carbonyl (C=O) groups is 1. The van der Waals surface area contributed by atoms with Crippen LogP contribution >= 0.6 is 0 Å². The lowest BCUT2D eigenvalue weighted by molar-refractivity contribution is 0.186. The maximum Gasteiger partial charge on any atom is 0.317 e. The van der Waals surface area contributed by atoms with Crippen LogP contribution in [0.4, 0.5) is 4.79 Å². The number of carbonyl (C=O) groups excluding carboxylic acids is 1. The van der Waals surface area contributed by atoms with Gasteiger partial charge in [0.05, 0.1) is 17.7 Å². The molecule has 0 bridgehead atoms. The number of nitrogens with zero attached hydrogens (tertiary/aromatic N) is 4. The zero-order chi connectivity index (χ0) is 24.4. The number of nitriles is 1. The second kappa shape index (κ2) is 9.76. The van der Waals surface area contributed by atoms with Gasteiger partial charge >= 0.3 is 6.03 Å². The topological polar surface area (TPSA) is 116 Å². The molecule has 2 aliphatic rings. The summed E-state index contributed by atoms with van der Waals surface area (Å²) < 4.78 is 11.3. The maximum atomic E-state index is 12.7. The van der Waals surface area contributed by atoms with Crippen LogP contribution in [0.5, 0.6) is 5.75 Å². The zero-order valence-corrected chi connectivity index (χ0v) is 19.9. The second-order valence-corrected chi connectivity index (χ2v) is 9.06. The minimum atomic E-state index is -0.0367. The van der Waals surface area contributed by atoms with E-state index in [9.17, 15) is 10.1 Å². The van der Waals surface area contributed by atoms with Gasteiger partial charge in [-0.2, -0.15) is 10.2 Å². The fourth-order valence-electron chi connectivity index (χ4n) is 4.68. The van der Waals surface area contributed by atoms with Crippen molar-refractivity contribution >= 4 is 6.03 Å². The summed E-state index contributed by atoms with van der Waals surface area (Å²) in [7, 11) is 0. The second-order valence-electron chi connectivity index (χ2n) is 9.06. The molecule has 0 radical (unpaired) electrons. The Morgan fingerprint density at radius 2 is 2.11 bits per heavy atom. The first-order valence-corrected chi connectivity index (χ1v) is 12.0. The molecule has 2 amide bonds. The van der Waals surface area contributed by atoms with E-state index in [1.807, 2.05) is 36.9 Å². The van der Waals surface area contributed by atoms with Crippen LogP contribution in [0, 0.1) is 11.3 Å². The third kappa shape index (κ3) is 4.70. The predicted octanol–water partition coefficient (Wildman–Crippen LogP) is 3.66. The molecular weight excluding hydrogens is 444 g/mol. The quantitative estimate of drug-likeness (QED) is 0.582. The third-order valence-electron chi connectivity index (χ3n) is 6.35. The molecule has 1 saturated heterocycles. The van der Waals surface area contributed by atoms with E-state index in [0.717, 1.165) is 55.7 Å². The number of piperazine rings is 1. The van der Waals surface area contributed by atoms with Crippen molar-refractivity contribution in [2.24, 2.45) is 0 Å². The molecule has 1 aromatic heterocycles. The Bertz CT molecular complexity index is 1270. The van der Waals surface area contributed by atoms with Crippen molar-refractivity contribution in [3.8, 4) is 34.7 Å². The highest BCUT2D eigenvalue weighted by molar-refractivity contribution is 5.76. The number of nitrogens with one attached hydrogen (secondary N) is 2. The number of benzene rings is 2. The van der Waals surface area contributed by atoms with Crippen molar-refractivity contribution in [2.75, 3.05) is 26.2 Å². The van der Waals surface area contributed by atoms with E-state index in [2.05, 4.69) is 32.9 Å². The monoisotopic (exact) mass is 472 g/mol. The molecule has 0 saturated carbocycles. The molecule has 35 heavy (non-hydrogen) atoms. The summed E-state index contributed by atoms with van der Waals surface area (Å²) in [4.78, 5) is 19.2. The first kappa shape index (κ1) is 22.9. The number of rotatable bonds is 5. The molecule has 1 aliphatic carbocycles. The first-order chi connectivity index (χ1) is 17.0. The van der Waals surface area contributed by atoms with Gasteiger partial charge in [-0.15, -0.1) is 0 Å². The Balaban J connectivity index is 1.37. The largest absolute Gasteiger partial charge is 0.490 e. The number of hydrogen-bond donors (Lipinski definition) is 2. The van der Waals surface area contributed by atoms with Gasteiger partial charge in [0, 0.05) is 37.3 Å². The van der Waals surface area contributed by atoms with E-state index < -0.39 is 0 Å². The summed E-state index contributed by atoms with van der Waals surface area (Å²) in [6, 6.07) is 13.4. The standard InChI is InChI=1S/C26H28N6O3/c1-16(2)34-23-9-6-17(14-18(23)15-27)25-30-24(31-35-25)21-5-3-4-20-19(21)7-8-22(20)29-26(33)32-12-10-28-11-13-32/h3-6,9,14,16,22,28H,7-8,10-13H2,1-2H3,(H,29,33)/t22-/m1/s1. The van der Waals surface area contributed by atoms with E-state index in [-0.39, 0.29) is 18.2 Å². The van der Waals surface area contributed by atoms with Gasteiger partial charge < -0.3 is 24.8 Å². The van der Waals surface area contributed by atoms with E-state index in [0.29, 0.717) is 28.6 Å². The van der Waals surface area contributed by atoms with Crippen molar-refractivity contribution < 1.29 is 14.1 Å². The van der Waals surface area contributed by atoms with Crippen molar-refractivity contribution in [1.82, 2.24) is 25.7 Å². The minimum Gasteiger partial charge on any atom is -0.490 e. The molecule has 1 aliphatic heterocycles. The Morgan fingerprint density at radius 1 is 1.29 bits per heavy atom. The van der Waals surface area contributed by atoms with E-state index in [4.69, 9.17) is 9.26 Å². The molecule has 0 spiro atoms. The van der Waals surface area contributed by atoms with Crippen LogP contribution in [-0.4, -0.2) is 53.4 Å². The molecule has 9 heteroatoms. The van der Waals surface area contributed by atoms with Crippen LogP contribution < -0.4 is 15.4 Å². The van der Waals surface area contributed by atoms with Crippen molar-refractivity contribution in [3.05, 3.63) is 53.1 Å². The summed E-state index contributed by atoms with van der Waals surface area (Å²) in [6.45, 7) is 6.91. The summed E-state index contributed by atoms with van der Waals surface area (Å²) in [6.07, 6.45) is 1.62. The SMILES string of the molecule is CC(C)Oc1ccc(-c2nc(-c3cccc4c3CC[C@H]4NC(=O)N3CCNCC3)no2)cc1C#N. The van der Waals surface area contributed by atoms with E-state index >= 15 is 0 Å². The highest BCUT2D eigenvalue weighted by Crippen LogP contribution is 2.37. The van der Waals surface area contributed by atoms with Crippen LogP contribution in [0.1, 0.15) is 43.0 Å². The fourth-order valence-corrected chi connectivity index (χ4v) is 4.68. The Kier molecular flexibility index (Phi) is 6.38. The Morgan fingerprint density at radius 3 is 2.89 bits per heavy atom. The molecule has 2 heterocycles. The van der Waals surface area contributed by atoms with Gasteiger partial charge in [-0.05, 0) is 56.0 Å². The van der Waals surface area contributed by atoms with Gasteiger partial charge in [-0.1, -0.05) is 23.4 Å². The molecule has 2 aromatic carbocycles. The van der Waals surface area contributed by atoms with Gasteiger partial charge in [0.25, 0.3) is 5.89 Å². The molecule has 180 valence electrons. The van der Waals surface area contributed by atoms with Crippen molar-refractivity contribution in [2.45, 2.75) is 38.8 Å². The molecular formula is C26H28N6O3. The van der Waals surface area contributed by atoms with Gasteiger partial charge in [0.1, 0.15) is 11.8 Å². The molecule has 0 unspecified atom stereocenters. The lowest BCUT2D eigenvalue weighted by Gasteiger charge is -2.29. The average Bonchev–Trinajstić information content (AvgIpc) is 3.52. The Hall–Kier alpha value is -3.90. The van der Waals surface area contributed by atoms with E-state index in [1.165, 1.54) is 0 Å². The lowest BCUT2D eigenvalue weighted by atomic mass is 10.0. The fraction of sp³-hybridized carbons (Fsp3) is 0.385. The summed E-state index contributed by atoms with van der Waals surface area (Å²) in [5, 5.41) is 20.2. The number of urea groups is 1. The molecule has 2 N–H and O–H groups in total. The van der Waals surface area contributed by atoms with Gasteiger partial charge in [-0.25, -0.2) is 4.79 Å². The molecule has 9 nitrogen and oxygen atoms in total. The maximum absolute atomic E-state index is 12.7. The lowest BCUT2D eigenvalue weighted by Crippen LogP contribution is -2.50. The normalized spacial score (nSPS) is 17.2. The molecule has 3 aromatic rings. The molecule has 5 rings (SSSR count). The minimum absolute atomic E-state index is 0.0187. The van der Waals surface area contributed by atoms with Crippen LogP contribution in [0.2, 0.25) is 0 Å². The smallest absolute Gasteiger partial charge is 0.317 e. The summed E-state index contributed by atoms with van der Waals surface area (Å²) >= 11 is 0. The number of aromatic nitrogens is 2. The number of hydrogen-bond acceptors (Lipinski definition) is 7. The average molecular weight is 473 g/mol. The number of ether oxygens (including phenoxy) is 1. The predicted molar refractivity (Wildman–Crippen MR) is 130 cm³/mol. The zero-order valence-electron chi connectivity index (χ0n) is 19.9. The third-order valence-corrected chi connectivity index (χ3v) is 6.35. The summed E-state index contributed by atoms with van der Waals surface area (Å²) in [5.74, 6) is 1.36. The molecule has 1 atom stereocenters. The van der Waals surface area contributed by atoms with Gasteiger partial charge in [0.2, 0.25) is 5.82 Å². The highest BCUT2D eigenvalue weighted by Gasteiger charge is 2.29. The number of fused-ring (bicyclic) bond motifs is 1. The number of amides is 2. The van der Waals surface area contributed by atoms with Crippen molar-refractivity contribution in [3.63, 3.8) is 0 Å². The van der Waals surface area contributed by atoms with Crippen molar-refractivity contribution in [1.29, 1.82) is 5.26 Å². The summed E-state index contributed by atoms with van der Waals surface area (Å²) in [5.41, 5.74) is 4.20. The van der Waals surface area contributed by atoms with Crippen LogP contribution in [-0.2, 0) is 6.42 Å². The first-order valence-electron chi connectivity index (χ1n) is 12.0. The Labute approximate surface area is 204 Å². The van der Waals surface area contributed by atoms with Gasteiger partial charge in [-0.3, -0.25) is 0 Å². The van der Waals surface area contributed by atoms with Crippen LogP contribution in [0.15, 0.2) is 40.9 Å². The highest BCUT2D eigenvalue weighted by atomic mass is 16.5. The van der Waals surface area contributed by atoms with E-state index in [1.54, 1.807) is 12.1 Å². The van der Waals surface area contributed by atoms with Crippen LogP contribution in [0.3, 0.4) is 0 Å². The van der Waals surface area contributed by atoms with Crippen LogP contribution in [0.25, 0.3) is 22.8 Å².